The summed E-state index contributed by atoms with van der Waals surface area (Å²) in [7, 11) is 0. The standard InChI is InChI=1S/C12H22N4O/c1-2-16-12(13-10-14-16)8-15-7-5-3-4-6-11(15)9-17/h10-11,17H,2-9H2,1H3. The monoisotopic (exact) mass is 238 g/mol. The van der Waals surface area contributed by atoms with Gasteiger partial charge in [0.15, 0.2) is 0 Å². The van der Waals surface area contributed by atoms with E-state index in [0.29, 0.717) is 6.04 Å². The van der Waals surface area contributed by atoms with Crippen LogP contribution in [0.15, 0.2) is 6.33 Å². The van der Waals surface area contributed by atoms with Crippen molar-refractivity contribution in [2.75, 3.05) is 13.2 Å². The third kappa shape index (κ3) is 3.04. The van der Waals surface area contributed by atoms with Crippen molar-refractivity contribution in [3.8, 4) is 0 Å². The SMILES string of the molecule is CCn1ncnc1CN1CCCCCC1CO. The van der Waals surface area contributed by atoms with Gasteiger partial charge in [0.05, 0.1) is 13.2 Å². The third-order valence-electron chi connectivity index (χ3n) is 3.55. The molecular weight excluding hydrogens is 216 g/mol. The maximum Gasteiger partial charge on any atom is 0.141 e. The van der Waals surface area contributed by atoms with Gasteiger partial charge in [0, 0.05) is 12.6 Å². The van der Waals surface area contributed by atoms with Crippen LogP contribution in [0.2, 0.25) is 0 Å². The molecule has 1 saturated heterocycles. The van der Waals surface area contributed by atoms with Gasteiger partial charge >= 0.3 is 0 Å². The summed E-state index contributed by atoms with van der Waals surface area (Å²) in [6, 6.07) is 0.291. The second-order valence-corrected chi connectivity index (χ2v) is 4.65. The lowest BCUT2D eigenvalue weighted by Crippen LogP contribution is -2.37. The first-order valence-corrected chi connectivity index (χ1v) is 6.56. The van der Waals surface area contributed by atoms with Gasteiger partial charge in [0.2, 0.25) is 0 Å². The average Bonchev–Trinajstić information content (AvgIpc) is 2.67. The first-order chi connectivity index (χ1) is 8.35. The average molecular weight is 238 g/mol. The minimum Gasteiger partial charge on any atom is -0.395 e. The number of hydrogen-bond donors (Lipinski definition) is 1. The molecule has 0 bridgehead atoms. The van der Waals surface area contributed by atoms with Crippen molar-refractivity contribution in [2.24, 2.45) is 0 Å². The fraction of sp³-hybridized carbons (Fsp3) is 0.833. The van der Waals surface area contributed by atoms with Crippen molar-refractivity contribution in [3.05, 3.63) is 12.2 Å². The first-order valence-electron chi connectivity index (χ1n) is 6.56. The number of aliphatic hydroxyl groups excluding tert-OH is 1. The molecular formula is C12H22N4O. The summed E-state index contributed by atoms with van der Waals surface area (Å²) >= 11 is 0. The molecule has 2 heterocycles. The maximum atomic E-state index is 9.46. The third-order valence-corrected chi connectivity index (χ3v) is 3.55. The van der Waals surface area contributed by atoms with Crippen molar-refractivity contribution in [3.63, 3.8) is 0 Å². The zero-order valence-electron chi connectivity index (χ0n) is 10.5. The van der Waals surface area contributed by atoms with Crippen LogP contribution < -0.4 is 0 Å². The topological polar surface area (TPSA) is 54.2 Å². The second kappa shape index (κ2) is 6.12. The number of likely N-dealkylation sites (tertiary alicyclic amines) is 1. The van der Waals surface area contributed by atoms with E-state index in [1.54, 1.807) is 6.33 Å². The van der Waals surface area contributed by atoms with Crippen molar-refractivity contribution >= 4 is 0 Å². The summed E-state index contributed by atoms with van der Waals surface area (Å²) in [4.78, 5) is 6.66. The summed E-state index contributed by atoms with van der Waals surface area (Å²) in [5.74, 6) is 1.01. The minimum absolute atomic E-state index is 0.250. The Hall–Kier alpha value is -0.940. The van der Waals surface area contributed by atoms with E-state index in [2.05, 4.69) is 21.9 Å². The van der Waals surface area contributed by atoms with Gasteiger partial charge in [-0.2, -0.15) is 5.10 Å². The van der Waals surface area contributed by atoms with Crippen molar-refractivity contribution < 1.29 is 5.11 Å². The molecule has 1 atom stereocenters. The molecule has 5 nitrogen and oxygen atoms in total. The fourth-order valence-electron chi connectivity index (χ4n) is 2.51. The Balaban J connectivity index is 2.04. The molecule has 2 rings (SSSR count). The van der Waals surface area contributed by atoms with Crippen LogP contribution in [-0.4, -0.2) is 44.0 Å². The highest BCUT2D eigenvalue weighted by Crippen LogP contribution is 2.18. The predicted octanol–water partition coefficient (Wildman–Crippen LogP) is 1.03. The molecule has 1 aliphatic rings. The van der Waals surface area contributed by atoms with Crippen molar-refractivity contribution in [2.45, 2.75) is 51.7 Å². The van der Waals surface area contributed by atoms with E-state index < -0.39 is 0 Å². The zero-order chi connectivity index (χ0) is 12.1. The Labute approximate surface area is 102 Å². The summed E-state index contributed by atoms with van der Waals surface area (Å²) in [6.07, 6.45) is 6.42. The van der Waals surface area contributed by atoms with Gasteiger partial charge in [-0.3, -0.25) is 4.90 Å². The van der Waals surface area contributed by atoms with E-state index in [0.717, 1.165) is 31.9 Å². The Bertz CT molecular complexity index is 339. The van der Waals surface area contributed by atoms with Crippen LogP contribution in [0.3, 0.4) is 0 Å². The van der Waals surface area contributed by atoms with Crippen LogP contribution >= 0.6 is 0 Å². The summed E-state index contributed by atoms with van der Waals surface area (Å²) in [5.41, 5.74) is 0. The summed E-state index contributed by atoms with van der Waals surface area (Å²) < 4.78 is 1.93. The van der Waals surface area contributed by atoms with Crippen LogP contribution in [0.25, 0.3) is 0 Å². The molecule has 0 aliphatic carbocycles. The van der Waals surface area contributed by atoms with Crippen molar-refractivity contribution in [1.29, 1.82) is 0 Å². The first kappa shape index (κ1) is 12.5. The summed E-state index contributed by atoms with van der Waals surface area (Å²) in [6.45, 7) is 5.04. The van der Waals surface area contributed by atoms with Crippen LogP contribution in [0.5, 0.6) is 0 Å². The largest absolute Gasteiger partial charge is 0.395 e. The van der Waals surface area contributed by atoms with Gasteiger partial charge in [0.1, 0.15) is 12.2 Å². The zero-order valence-corrected chi connectivity index (χ0v) is 10.5. The predicted molar refractivity (Wildman–Crippen MR) is 65.4 cm³/mol. The van der Waals surface area contributed by atoms with Gasteiger partial charge in [-0.25, -0.2) is 9.67 Å². The number of nitrogens with zero attached hydrogens (tertiary/aromatic N) is 4. The quantitative estimate of drug-likeness (QED) is 0.851. The molecule has 1 aliphatic heterocycles. The second-order valence-electron chi connectivity index (χ2n) is 4.65. The van der Waals surface area contributed by atoms with E-state index in [4.69, 9.17) is 0 Å². The Kier molecular flexibility index (Phi) is 4.50. The van der Waals surface area contributed by atoms with Gasteiger partial charge < -0.3 is 5.11 Å². The summed E-state index contributed by atoms with van der Waals surface area (Å²) in [5, 5.41) is 13.6. The molecule has 1 unspecified atom stereocenters. The molecule has 0 spiro atoms. The lowest BCUT2D eigenvalue weighted by atomic mass is 10.1. The number of rotatable bonds is 4. The lowest BCUT2D eigenvalue weighted by molar-refractivity contribution is 0.114. The minimum atomic E-state index is 0.250. The molecule has 96 valence electrons. The molecule has 1 N–H and O–H groups in total. The smallest absolute Gasteiger partial charge is 0.141 e. The van der Waals surface area contributed by atoms with Gasteiger partial charge in [-0.1, -0.05) is 12.8 Å². The molecule has 1 fully saturated rings. The fourth-order valence-corrected chi connectivity index (χ4v) is 2.51. The molecule has 5 heteroatoms. The molecule has 0 radical (unpaired) electrons. The Morgan fingerprint density at radius 1 is 1.41 bits per heavy atom. The number of aryl methyl sites for hydroxylation is 1. The normalized spacial score (nSPS) is 22.6. The van der Waals surface area contributed by atoms with Crippen LogP contribution in [-0.2, 0) is 13.1 Å². The van der Waals surface area contributed by atoms with E-state index in [-0.39, 0.29) is 6.61 Å². The van der Waals surface area contributed by atoms with Crippen LogP contribution in [0, 0.1) is 0 Å². The molecule has 17 heavy (non-hydrogen) atoms. The number of hydrogen-bond acceptors (Lipinski definition) is 4. The lowest BCUT2D eigenvalue weighted by Gasteiger charge is -2.27. The van der Waals surface area contributed by atoms with E-state index in [1.807, 2.05) is 4.68 Å². The van der Waals surface area contributed by atoms with Gasteiger partial charge in [0.25, 0.3) is 0 Å². The Morgan fingerprint density at radius 2 is 2.29 bits per heavy atom. The van der Waals surface area contributed by atoms with E-state index in [1.165, 1.54) is 19.3 Å². The highest BCUT2D eigenvalue weighted by molar-refractivity contribution is 4.87. The Morgan fingerprint density at radius 3 is 3.06 bits per heavy atom. The van der Waals surface area contributed by atoms with Crippen molar-refractivity contribution in [1.82, 2.24) is 19.7 Å². The molecule has 1 aromatic heterocycles. The molecule has 0 aromatic carbocycles. The highest BCUT2D eigenvalue weighted by Gasteiger charge is 2.21. The highest BCUT2D eigenvalue weighted by atomic mass is 16.3. The number of aliphatic hydroxyl groups is 1. The number of aromatic nitrogens is 3. The molecule has 0 saturated carbocycles. The van der Waals surface area contributed by atoms with E-state index >= 15 is 0 Å². The van der Waals surface area contributed by atoms with Gasteiger partial charge in [-0.15, -0.1) is 0 Å². The molecule has 0 amide bonds. The maximum absolute atomic E-state index is 9.46. The van der Waals surface area contributed by atoms with Crippen LogP contribution in [0.4, 0.5) is 0 Å². The van der Waals surface area contributed by atoms with Gasteiger partial charge in [-0.05, 0) is 26.3 Å². The van der Waals surface area contributed by atoms with Crippen LogP contribution in [0.1, 0.15) is 38.4 Å². The van der Waals surface area contributed by atoms with E-state index in [9.17, 15) is 5.11 Å². The molecule has 1 aromatic rings.